The third-order valence-electron chi connectivity index (χ3n) is 2.75. The second-order valence-electron chi connectivity index (χ2n) is 4.15. The van der Waals surface area contributed by atoms with Crippen molar-refractivity contribution >= 4 is 39.3 Å². The van der Waals surface area contributed by atoms with Crippen molar-refractivity contribution in [2.75, 3.05) is 5.75 Å². The van der Waals surface area contributed by atoms with Crippen LogP contribution >= 0.6 is 39.3 Å². The molecule has 2 aromatic rings. The lowest BCUT2D eigenvalue weighted by molar-refractivity contribution is 0.591. The Labute approximate surface area is 135 Å². The normalized spacial score (nSPS) is 12.4. The van der Waals surface area contributed by atoms with E-state index in [2.05, 4.69) is 21.4 Å². The van der Waals surface area contributed by atoms with Gasteiger partial charge in [-0.25, -0.2) is 4.39 Å². The molecule has 0 saturated heterocycles. The lowest BCUT2D eigenvalue weighted by atomic mass is 10.1. The molecule has 0 radical (unpaired) electrons. The SMILES string of the molecule is NNC(CSc1cccc(Br)c1)c1cc(F)ccc1Cl. The van der Waals surface area contributed by atoms with Gasteiger partial charge < -0.3 is 0 Å². The van der Waals surface area contributed by atoms with Crippen LogP contribution in [0.2, 0.25) is 5.02 Å². The number of halogens is 3. The number of rotatable bonds is 5. The highest BCUT2D eigenvalue weighted by molar-refractivity contribution is 9.10. The zero-order valence-corrected chi connectivity index (χ0v) is 13.6. The minimum atomic E-state index is -0.322. The summed E-state index contributed by atoms with van der Waals surface area (Å²) in [5.74, 6) is 5.89. The van der Waals surface area contributed by atoms with Crippen molar-refractivity contribution < 1.29 is 4.39 Å². The van der Waals surface area contributed by atoms with Gasteiger partial charge in [0, 0.05) is 20.1 Å². The molecule has 1 unspecified atom stereocenters. The molecule has 6 heteroatoms. The van der Waals surface area contributed by atoms with Crippen molar-refractivity contribution in [3.63, 3.8) is 0 Å². The average molecular weight is 376 g/mol. The molecule has 1 atom stereocenters. The van der Waals surface area contributed by atoms with E-state index in [4.69, 9.17) is 17.4 Å². The van der Waals surface area contributed by atoms with E-state index in [0.29, 0.717) is 16.3 Å². The Morgan fingerprint density at radius 3 is 2.80 bits per heavy atom. The van der Waals surface area contributed by atoms with Gasteiger partial charge in [-0.3, -0.25) is 11.3 Å². The van der Waals surface area contributed by atoms with E-state index < -0.39 is 0 Å². The van der Waals surface area contributed by atoms with Crippen LogP contribution < -0.4 is 11.3 Å². The van der Waals surface area contributed by atoms with Crippen LogP contribution in [0.15, 0.2) is 51.8 Å². The first-order chi connectivity index (χ1) is 9.60. The molecule has 2 nitrogen and oxygen atoms in total. The van der Waals surface area contributed by atoms with Gasteiger partial charge in [0.15, 0.2) is 0 Å². The summed E-state index contributed by atoms with van der Waals surface area (Å²) in [6, 6.07) is 12.0. The maximum Gasteiger partial charge on any atom is 0.123 e. The summed E-state index contributed by atoms with van der Waals surface area (Å²) in [7, 11) is 0. The Hall–Kier alpha value is -0.590. The van der Waals surface area contributed by atoms with Crippen LogP contribution in [-0.4, -0.2) is 5.75 Å². The van der Waals surface area contributed by atoms with Crippen LogP contribution in [0.1, 0.15) is 11.6 Å². The Balaban J connectivity index is 2.11. The average Bonchev–Trinajstić information content (AvgIpc) is 2.43. The lowest BCUT2D eigenvalue weighted by Crippen LogP contribution is -2.30. The zero-order valence-electron chi connectivity index (χ0n) is 10.4. The molecular weight excluding hydrogens is 363 g/mol. The van der Waals surface area contributed by atoms with E-state index in [-0.39, 0.29) is 11.9 Å². The molecule has 0 fully saturated rings. The van der Waals surface area contributed by atoms with Gasteiger partial charge in [0.1, 0.15) is 5.82 Å². The molecule has 0 amide bonds. The molecular formula is C14H13BrClFN2S. The van der Waals surface area contributed by atoms with Gasteiger partial charge in [0.05, 0.1) is 6.04 Å². The fourth-order valence-electron chi connectivity index (χ4n) is 1.75. The summed E-state index contributed by atoms with van der Waals surface area (Å²) in [5.41, 5.74) is 3.35. The maximum atomic E-state index is 13.3. The number of nitrogens with two attached hydrogens (primary N) is 1. The molecule has 0 aliphatic heterocycles. The summed E-state index contributed by atoms with van der Waals surface area (Å²) in [4.78, 5) is 1.10. The molecule has 0 bridgehead atoms. The Morgan fingerprint density at radius 1 is 1.30 bits per heavy atom. The second-order valence-corrected chi connectivity index (χ2v) is 6.57. The highest BCUT2D eigenvalue weighted by Crippen LogP contribution is 2.30. The third-order valence-corrected chi connectivity index (χ3v) is 4.67. The molecule has 0 saturated carbocycles. The Kier molecular flexibility index (Phi) is 5.86. The van der Waals surface area contributed by atoms with Crippen LogP contribution in [-0.2, 0) is 0 Å². The summed E-state index contributed by atoms with van der Waals surface area (Å²) in [5, 5.41) is 0.504. The van der Waals surface area contributed by atoms with Crippen molar-refractivity contribution in [1.29, 1.82) is 0 Å². The molecule has 106 valence electrons. The number of hydrogen-bond donors (Lipinski definition) is 2. The highest BCUT2D eigenvalue weighted by atomic mass is 79.9. The van der Waals surface area contributed by atoms with Gasteiger partial charge in [-0.15, -0.1) is 11.8 Å². The van der Waals surface area contributed by atoms with Gasteiger partial charge in [0.25, 0.3) is 0 Å². The molecule has 0 aliphatic carbocycles. The van der Waals surface area contributed by atoms with Crippen LogP contribution in [0.3, 0.4) is 0 Å². The first-order valence-electron chi connectivity index (χ1n) is 5.89. The lowest BCUT2D eigenvalue weighted by Gasteiger charge is -2.17. The van der Waals surface area contributed by atoms with Crippen LogP contribution in [0, 0.1) is 5.82 Å². The topological polar surface area (TPSA) is 38.0 Å². The summed E-state index contributed by atoms with van der Waals surface area (Å²) in [6.07, 6.45) is 0. The smallest absolute Gasteiger partial charge is 0.123 e. The number of hydrazine groups is 1. The fourth-order valence-corrected chi connectivity index (χ4v) is 3.57. The maximum absolute atomic E-state index is 13.3. The van der Waals surface area contributed by atoms with Crippen LogP contribution in [0.4, 0.5) is 4.39 Å². The van der Waals surface area contributed by atoms with E-state index in [1.165, 1.54) is 12.1 Å². The first kappa shape index (κ1) is 15.8. The van der Waals surface area contributed by atoms with Crippen molar-refractivity contribution in [3.8, 4) is 0 Å². The molecule has 2 aromatic carbocycles. The van der Waals surface area contributed by atoms with E-state index in [0.717, 1.165) is 9.37 Å². The molecule has 20 heavy (non-hydrogen) atoms. The van der Waals surface area contributed by atoms with Crippen molar-refractivity contribution in [2.24, 2.45) is 5.84 Å². The largest absolute Gasteiger partial charge is 0.271 e. The number of hydrogen-bond acceptors (Lipinski definition) is 3. The monoisotopic (exact) mass is 374 g/mol. The van der Waals surface area contributed by atoms with Gasteiger partial charge in [-0.05, 0) is 42.0 Å². The van der Waals surface area contributed by atoms with Crippen molar-refractivity contribution in [3.05, 3.63) is 63.3 Å². The molecule has 0 spiro atoms. The summed E-state index contributed by atoms with van der Waals surface area (Å²) in [6.45, 7) is 0. The molecule has 0 aromatic heterocycles. The number of thioether (sulfide) groups is 1. The van der Waals surface area contributed by atoms with Gasteiger partial charge in [0.2, 0.25) is 0 Å². The summed E-state index contributed by atoms with van der Waals surface area (Å²) >= 11 is 11.1. The van der Waals surface area contributed by atoms with Gasteiger partial charge in [-0.1, -0.05) is 33.6 Å². The summed E-state index contributed by atoms with van der Waals surface area (Å²) < 4.78 is 14.3. The van der Waals surface area contributed by atoms with E-state index >= 15 is 0 Å². The standard InChI is InChI=1S/C14H13BrClFN2S/c15-9-2-1-3-11(6-9)20-8-14(19-18)12-7-10(17)4-5-13(12)16/h1-7,14,19H,8,18H2. The van der Waals surface area contributed by atoms with Crippen LogP contribution in [0.5, 0.6) is 0 Å². The fraction of sp³-hybridized carbons (Fsp3) is 0.143. The highest BCUT2D eigenvalue weighted by Gasteiger charge is 2.14. The van der Waals surface area contributed by atoms with E-state index in [9.17, 15) is 4.39 Å². The first-order valence-corrected chi connectivity index (χ1v) is 8.05. The molecule has 2 rings (SSSR count). The molecule has 0 aliphatic rings. The van der Waals surface area contributed by atoms with Crippen molar-refractivity contribution in [2.45, 2.75) is 10.9 Å². The number of benzene rings is 2. The van der Waals surface area contributed by atoms with Crippen LogP contribution in [0.25, 0.3) is 0 Å². The zero-order chi connectivity index (χ0) is 14.5. The van der Waals surface area contributed by atoms with E-state index in [1.807, 2.05) is 24.3 Å². The second kappa shape index (κ2) is 7.43. The van der Waals surface area contributed by atoms with Crippen molar-refractivity contribution in [1.82, 2.24) is 5.43 Å². The number of nitrogens with one attached hydrogen (secondary N) is 1. The minimum Gasteiger partial charge on any atom is -0.271 e. The predicted octanol–water partition coefficient (Wildman–Crippen LogP) is 4.54. The molecule has 3 N–H and O–H groups in total. The quantitative estimate of drug-likeness (QED) is 0.458. The minimum absolute atomic E-state index is 0.220. The van der Waals surface area contributed by atoms with Gasteiger partial charge in [-0.2, -0.15) is 0 Å². The van der Waals surface area contributed by atoms with Gasteiger partial charge >= 0.3 is 0 Å². The predicted molar refractivity (Wildman–Crippen MR) is 86.3 cm³/mol. The molecule has 0 heterocycles. The Morgan fingerprint density at radius 2 is 2.10 bits per heavy atom. The third kappa shape index (κ3) is 4.20. The Bertz CT molecular complexity index is 597. The van der Waals surface area contributed by atoms with E-state index in [1.54, 1.807) is 17.8 Å².